The summed E-state index contributed by atoms with van der Waals surface area (Å²) < 4.78 is 41.2. The van der Waals surface area contributed by atoms with E-state index in [-0.39, 0.29) is 23.3 Å². The van der Waals surface area contributed by atoms with Crippen molar-refractivity contribution in [3.63, 3.8) is 0 Å². The average Bonchev–Trinajstić information content (AvgIpc) is 2.28. The maximum Gasteiger partial charge on any atom is 0.250 e. The minimum Gasteiger partial charge on any atom is -0.369 e. The molecule has 0 fully saturated rings. The maximum absolute atomic E-state index is 13.5. The molecule has 19 heavy (non-hydrogen) atoms. The molecule has 0 aliphatic heterocycles. The minimum atomic E-state index is -3.45. The van der Waals surface area contributed by atoms with Crippen molar-refractivity contribution < 1.29 is 22.3 Å². The van der Waals surface area contributed by atoms with Crippen LogP contribution in [-0.2, 0) is 19.4 Å². The molecule has 106 valence electrons. The molecule has 0 saturated carbocycles. The number of amides is 1. The van der Waals surface area contributed by atoms with Crippen LogP contribution < -0.4 is 5.32 Å². The van der Waals surface area contributed by atoms with Crippen LogP contribution in [0.15, 0.2) is 23.1 Å². The van der Waals surface area contributed by atoms with Crippen LogP contribution in [0.1, 0.15) is 13.8 Å². The standard InChI is InChI=1S/C12H16FNO4S/c1-8(2)18-7-12(15)14-11-6-9(19(3,16)17)4-5-10(11)13/h4-6,8H,7H2,1-3H3,(H,14,15). The normalized spacial score (nSPS) is 11.6. The second-order valence-corrected chi connectivity index (χ2v) is 6.34. The molecule has 0 atom stereocenters. The van der Waals surface area contributed by atoms with Crippen LogP contribution in [0.3, 0.4) is 0 Å². The minimum absolute atomic E-state index is 0.0611. The van der Waals surface area contributed by atoms with Gasteiger partial charge in [-0.05, 0) is 32.0 Å². The predicted molar refractivity (Wildman–Crippen MR) is 69.2 cm³/mol. The fraction of sp³-hybridized carbons (Fsp3) is 0.417. The van der Waals surface area contributed by atoms with E-state index in [4.69, 9.17) is 4.74 Å². The number of hydrogen-bond donors (Lipinski definition) is 1. The van der Waals surface area contributed by atoms with Crippen molar-refractivity contribution >= 4 is 21.4 Å². The number of benzene rings is 1. The lowest BCUT2D eigenvalue weighted by Gasteiger charge is -2.10. The van der Waals surface area contributed by atoms with Crippen LogP contribution in [-0.4, -0.2) is 33.3 Å². The van der Waals surface area contributed by atoms with E-state index in [1.165, 1.54) is 0 Å². The van der Waals surface area contributed by atoms with Crippen molar-refractivity contribution in [3.8, 4) is 0 Å². The summed E-state index contributed by atoms with van der Waals surface area (Å²) in [6, 6.07) is 3.22. The van der Waals surface area contributed by atoms with E-state index in [9.17, 15) is 17.6 Å². The van der Waals surface area contributed by atoms with Gasteiger partial charge < -0.3 is 10.1 Å². The van der Waals surface area contributed by atoms with Gasteiger partial charge in [-0.1, -0.05) is 0 Å². The topological polar surface area (TPSA) is 72.5 Å². The molecule has 0 spiro atoms. The Morgan fingerprint density at radius 2 is 2.05 bits per heavy atom. The largest absolute Gasteiger partial charge is 0.369 e. The molecular weight excluding hydrogens is 273 g/mol. The second kappa shape index (κ2) is 6.12. The molecule has 1 aromatic rings. The molecule has 1 N–H and O–H groups in total. The van der Waals surface area contributed by atoms with Gasteiger partial charge in [-0.25, -0.2) is 12.8 Å². The predicted octanol–water partition coefficient (Wildman–Crippen LogP) is 1.59. The Morgan fingerprint density at radius 3 is 2.58 bits per heavy atom. The first-order chi connectivity index (χ1) is 8.70. The van der Waals surface area contributed by atoms with Gasteiger partial charge in [-0.2, -0.15) is 0 Å². The lowest BCUT2D eigenvalue weighted by molar-refractivity contribution is -0.121. The van der Waals surface area contributed by atoms with E-state index in [1.54, 1.807) is 13.8 Å². The van der Waals surface area contributed by atoms with E-state index in [0.717, 1.165) is 24.5 Å². The number of anilines is 1. The maximum atomic E-state index is 13.5. The van der Waals surface area contributed by atoms with Crippen molar-refractivity contribution in [2.24, 2.45) is 0 Å². The highest BCUT2D eigenvalue weighted by Gasteiger charge is 2.13. The fourth-order valence-electron chi connectivity index (χ4n) is 1.26. The molecule has 0 saturated heterocycles. The highest BCUT2D eigenvalue weighted by molar-refractivity contribution is 7.90. The molecular formula is C12H16FNO4S. The highest BCUT2D eigenvalue weighted by Crippen LogP contribution is 2.19. The van der Waals surface area contributed by atoms with Gasteiger partial charge in [0.25, 0.3) is 0 Å². The smallest absolute Gasteiger partial charge is 0.250 e. The van der Waals surface area contributed by atoms with Gasteiger partial charge in [0, 0.05) is 6.26 Å². The van der Waals surface area contributed by atoms with Gasteiger partial charge in [0.1, 0.15) is 12.4 Å². The summed E-state index contributed by atoms with van der Waals surface area (Å²) >= 11 is 0. The SMILES string of the molecule is CC(C)OCC(=O)Nc1cc(S(C)(=O)=O)ccc1F. The van der Waals surface area contributed by atoms with Crippen LogP contribution in [0, 0.1) is 5.82 Å². The molecule has 0 aliphatic carbocycles. The number of sulfone groups is 1. The number of hydrogen-bond acceptors (Lipinski definition) is 4. The van der Waals surface area contributed by atoms with Gasteiger partial charge in [0.15, 0.2) is 9.84 Å². The van der Waals surface area contributed by atoms with E-state index < -0.39 is 21.6 Å². The van der Waals surface area contributed by atoms with Gasteiger partial charge in [0.05, 0.1) is 16.7 Å². The lowest BCUT2D eigenvalue weighted by Crippen LogP contribution is -2.21. The zero-order valence-corrected chi connectivity index (χ0v) is 11.8. The lowest BCUT2D eigenvalue weighted by atomic mass is 10.3. The van der Waals surface area contributed by atoms with E-state index in [2.05, 4.69) is 5.32 Å². The molecule has 0 radical (unpaired) electrons. The van der Waals surface area contributed by atoms with Crippen molar-refractivity contribution in [2.45, 2.75) is 24.8 Å². The number of ether oxygens (including phenoxy) is 1. The quantitative estimate of drug-likeness (QED) is 0.836. The summed E-state index contributed by atoms with van der Waals surface area (Å²) in [7, 11) is -3.45. The zero-order valence-electron chi connectivity index (χ0n) is 10.9. The van der Waals surface area contributed by atoms with E-state index in [1.807, 2.05) is 0 Å². The first kappa shape index (κ1) is 15.6. The number of nitrogens with one attached hydrogen (secondary N) is 1. The third-order valence-corrected chi connectivity index (χ3v) is 3.30. The number of rotatable bonds is 5. The first-order valence-corrected chi connectivity index (χ1v) is 7.50. The fourth-order valence-corrected chi connectivity index (χ4v) is 1.91. The Balaban J connectivity index is 2.86. The third-order valence-electron chi connectivity index (χ3n) is 2.19. The molecule has 7 heteroatoms. The van der Waals surface area contributed by atoms with E-state index >= 15 is 0 Å². The van der Waals surface area contributed by atoms with Crippen molar-refractivity contribution in [1.82, 2.24) is 0 Å². The molecule has 1 rings (SSSR count). The Kier molecular flexibility index (Phi) is 5.02. The Bertz CT molecular complexity index is 569. The molecule has 0 heterocycles. The van der Waals surface area contributed by atoms with Crippen molar-refractivity contribution in [1.29, 1.82) is 0 Å². The van der Waals surface area contributed by atoms with Crippen molar-refractivity contribution in [2.75, 3.05) is 18.2 Å². The number of halogens is 1. The van der Waals surface area contributed by atoms with Gasteiger partial charge in [0.2, 0.25) is 5.91 Å². The number of carbonyl (C=O) groups excluding carboxylic acids is 1. The third kappa shape index (κ3) is 4.96. The van der Waals surface area contributed by atoms with E-state index in [0.29, 0.717) is 0 Å². The first-order valence-electron chi connectivity index (χ1n) is 5.61. The summed E-state index contributed by atoms with van der Waals surface area (Å²) in [4.78, 5) is 11.4. The Morgan fingerprint density at radius 1 is 1.42 bits per heavy atom. The Hall–Kier alpha value is -1.47. The summed E-state index contributed by atoms with van der Waals surface area (Å²) in [5, 5.41) is 2.27. The molecule has 0 aromatic heterocycles. The van der Waals surface area contributed by atoms with Crippen LogP contribution in [0.2, 0.25) is 0 Å². The van der Waals surface area contributed by atoms with Gasteiger partial charge in [-0.3, -0.25) is 4.79 Å². The van der Waals surface area contributed by atoms with Crippen LogP contribution in [0.4, 0.5) is 10.1 Å². The summed E-state index contributed by atoms with van der Waals surface area (Å²) in [6.07, 6.45) is 0.881. The Labute approximate surface area is 111 Å². The second-order valence-electron chi connectivity index (χ2n) is 4.32. The van der Waals surface area contributed by atoms with Crippen LogP contribution >= 0.6 is 0 Å². The molecule has 1 amide bonds. The summed E-state index contributed by atoms with van der Waals surface area (Å²) in [5.41, 5.74) is -0.180. The molecule has 0 bridgehead atoms. The average molecular weight is 289 g/mol. The molecule has 1 aromatic carbocycles. The monoisotopic (exact) mass is 289 g/mol. The highest BCUT2D eigenvalue weighted by atomic mass is 32.2. The summed E-state index contributed by atoms with van der Waals surface area (Å²) in [6.45, 7) is 3.30. The zero-order chi connectivity index (χ0) is 14.6. The van der Waals surface area contributed by atoms with Crippen LogP contribution in [0.25, 0.3) is 0 Å². The molecule has 0 unspecified atom stereocenters. The molecule has 5 nitrogen and oxygen atoms in total. The summed E-state index contributed by atoms with van der Waals surface area (Å²) in [5.74, 6) is -1.25. The number of carbonyl (C=O) groups is 1. The van der Waals surface area contributed by atoms with Crippen LogP contribution in [0.5, 0.6) is 0 Å². The molecule has 0 aliphatic rings. The van der Waals surface area contributed by atoms with Crippen molar-refractivity contribution in [3.05, 3.63) is 24.0 Å². The van der Waals surface area contributed by atoms with Gasteiger partial charge in [-0.15, -0.1) is 0 Å². The van der Waals surface area contributed by atoms with Gasteiger partial charge >= 0.3 is 0 Å².